The van der Waals surface area contributed by atoms with Gasteiger partial charge < -0.3 is 15.5 Å². The van der Waals surface area contributed by atoms with E-state index in [2.05, 4.69) is 12.2 Å². The van der Waals surface area contributed by atoms with Crippen LogP contribution in [-0.2, 0) is 6.54 Å². The van der Waals surface area contributed by atoms with E-state index >= 15 is 0 Å². The molecule has 0 spiro atoms. The third kappa shape index (κ3) is 3.41. The summed E-state index contributed by atoms with van der Waals surface area (Å²) < 4.78 is 0. The standard InChI is InChI=1S/C15H22ClNO2/c1-11-4-3-7-15(8-11,10-18)17-9-12-13(16)5-2-6-14(12)19/h2,5-6,11,17-19H,3-4,7-10H2,1H3. The first-order valence-electron chi connectivity index (χ1n) is 6.88. The van der Waals surface area contributed by atoms with Gasteiger partial charge in [-0.3, -0.25) is 0 Å². The molecule has 0 bridgehead atoms. The van der Waals surface area contributed by atoms with Crippen LogP contribution in [0.4, 0.5) is 0 Å². The van der Waals surface area contributed by atoms with Crippen molar-refractivity contribution in [2.75, 3.05) is 6.61 Å². The van der Waals surface area contributed by atoms with Crippen LogP contribution in [0.25, 0.3) is 0 Å². The Morgan fingerprint density at radius 2 is 2.26 bits per heavy atom. The van der Waals surface area contributed by atoms with E-state index in [-0.39, 0.29) is 17.9 Å². The Kier molecular flexibility index (Phi) is 4.71. The Bertz CT molecular complexity index is 418. The average molecular weight is 284 g/mol. The second-order valence-electron chi connectivity index (χ2n) is 5.73. The van der Waals surface area contributed by atoms with Crippen LogP contribution in [0, 0.1) is 5.92 Å². The van der Waals surface area contributed by atoms with Gasteiger partial charge in [0.2, 0.25) is 0 Å². The maximum atomic E-state index is 9.84. The minimum absolute atomic E-state index is 0.128. The van der Waals surface area contributed by atoms with Crippen LogP contribution in [0.3, 0.4) is 0 Å². The third-order valence-corrected chi connectivity index (χ3v) is 4.48. The molecule has 3 nitrogen and oxygen atoms in total. The SMILES string of the molecule is CC1CCCC(CO)(NCc2c(O)cccc2Cl)C1. The molecule has 1 aromatic rings. The fraction of sp³-hybridized carbons (Fsp3) is 0.600. The van der Waals surface area contributed by atoms with E-state index in [1.807, 2.05) is 0 Å². The van der Waals surface area contributed by atoms with Crippen LogP contribution in [0.15, 0.2) is 18.2 Å². The molecule has 1 aliphatic carbocycles. The van der Waals surface area contributed by atoms with Gasteiger partial charge in [-0.05, 0) is 30.9 Å². The van der Waals surface area contributed by atoms with Crippen molar-refractivity contribution in [1.82, 2.24) is 5.32 Å². The van der Waals surface area contributed by atoms with Gasteiger partial charge in [0.25, 0.3) is 0 Å². The second-order valence-corrected chi connectivity index (χ2v) is 6.14. The molecule has 1 aliphatic rings. The Morgan fingerprint density at radius 1 is 1.47 bits per heavy atom. The highest BCUT2D eigenvalue weighted by Crippen LogP contribution is 2.33. The predicted molar refractivity (Wildman–Crippen MR) is 77.4 cm³/mol. The molecule has 0 radical (unpaired) electrons. The van der Waals surface area contributed by atoms with Crippen LogP contribution in [0.5, 0.6) is 5.75 Å². The molecule has 3 N–H and O–H groups in total. The zero-order chi connectivity index (χ0) is 13.9. The highest BCUT2D eigenvalue weighted by Gasteiger charge is 2.34. The molecule has 0 amide bonds. The lowest BCUT2D eigenvalue weighted by Crippen LogP contribution is -2.51. The predicted octanol–water partition coefficient (Wildman–Crippen LogP) is 3.08. The maximum Gasteiger partial charge on any atom is 0.121 e. The van der Waals surface area contributed by atoms with Crippen molar-refractivity contribution < 1.29 is 10.2 Å². The Hall–Kier alpha value is -0.770. The Balaban J connectivity index is 2.07. The Morgan fingerprint density at radius 3 is 2.89 bits per heavy atom. The molecule has 1 aromatic carbocycles. The van der Waals surface area contributed by atoms with Gasteiger partial charge in [-0.1, -0.05) is 37.4 Å². The van der Waals surface area contributed by atoms with E-state index in [4.69, 9.17) is 11.6 Å². The van der Waals surface area contributed by atoms with Crippen molar-refractivity contribution in [1.29, 1.82) is 0 Å². The van der Waals surface area contributed by atoms with Gasteiger partial charge in [-0.2, -0.15) is 0 Å². The fourth-order valence-corrected chi connectivity index (χ4v) is 3.25. The van der Waals surface area contributed by atoms with E-state index < -0.39 is 0 Å². The summed E-state index contributed by atoms with van der Waals surface area (Å²) >= 11 is 6.10. The van der Waals surface area contributed by atoms with E-state index in [0.29, 0.717) is 23.0 Å². The minimum atomic E-state index is -0.233. The molecule has 2 rings (SSSR count). The van der Waals surface area contributed by atoms with Crippen LogP contribution >= 0.6 is 11.6 Å². The summed E-state index contributed by atoms with van der Waals surface area (Å²) in [6.07, 6.45) is 4.29. The van der Waals surface area contributed by atoms with Gasteiger partial charge in [-0.15, -0.1) is 0 Å². The number of nitrogens with one attached hydrogen (secondary N) is 1. The molecular formula is C15H22ClNO2. The molecule has 19 heavy (non-hydrogen) atoms. The van der Waals surface area contributed by atoms with Gasteiger partial charge in [0, 0.05) is 22.7 Å². The summed E-state index contributed by atoms with van der Waals surface area (Å²) in [6, 6.07) is 5.14. The molecule has 1 fully saturated rings. The highest BCUT2D eigenvalue weighted by molar-refractivity contribution is 6.31. The third-order valence-electron chi connectivity index (χ3n) is 4.13. The first-order chi connectivity index (χ1) is 9.06. The number of phenols is 1. The summed E-state index contributed by atoms with van der Waals surface area (Å²) in [4.78, 5) is 0. The van der Waals surface area contributed by atoms with E-state index in [9.17, 15) is 10.2 Å². The van der Waals surface area contributed by atoms with Gasteiger partial charge in [0.05, 0.1) is 6.61 Å². The molecule has 2 unspecified atom stereocenters. The number of aliphatic hydroxyl groups excluding tert-OH is 1. The average Bonchev–Trinajstić information content (AvgIpc) is 2.38. The normalized spacial score (nSPS) is 27.4. The lowest BCUT2D eigenvalue weighted by Gasteiger charge is -2.39. The Labute approximate surface area is 119 Å². The van der Waals surface area contributed by atoms with Crippen LogP contribution in [0.2, 0.25) is 5.02 Å². The molecule has 106 valence electrons. The van der Waals surface area contributed by atoms with Gasteiger partial charge >= 0.3 is 0 Å². The van der Waals surface area contributed by atoms with E-state index in [1.54, 1.807) is 18.2 Å². The van der Waals surface area contributed by atoms with Crippen molar-refractivity contribution in [2.45, 2.75) is 44.7 Å². The highest BCUT2D eigenvalue weighted by atomic mass is 35.5. The summed E-state index contributed by atoms with van der Waals surface area (Å²) in [5.74, 6) is 0.824. The monoisotopic (exact) mass is 283 g/mol. The first-order valence-corrected chi connectivity index (χ1v) is 7.26. The number of phenolic OH excluding ortho intramolecular Hbond substituents is 1. The maximum absolute atomic E-state index is 9.84. The van der Waals surface area contributed by atoms with Crippen LogP contribution < -0.4 is 5.32 Å². The number of hydrogen-bond donors (Lipinski definition) is 3. The first kappa shape index (κ1) is 14.6. The quantitative estimate of drug-likeness (QED) is 0.796. The molecule has 2 atom stereocenters. The number of aromatic hydroxyl groups is 1. The number of hydrogen-bond acceptors (Lipinski definition) is 3. The summed E-state index contributed by atoms with van der Waals surface area (Å²) in [5.41, 5.74) is 0.471. The van der Waals surface area contributed by atoms with E-state index in [0.717, 1.165) is 19.3 Å². The lowest BCUT2D eigenvalue weighted by atomic mass is 9.77. The molecule has 0 heterocycles. The largest absolute Gasteiger partial charge is 0.508 e. The lowest BCUT2D eigenvalue weighted by molar-refractivity contribution is 0.0980. The fourth-order valence-electron chi connectivity index (χ4n) is 3.02. The van der Waals surface area contributed by atoms with Gasteiger partial charge in [0.1, 0.15) is 5.75 Å². The molecule has 0 saturated heterocycles. The summed E-state index contributed by atoms with van der Waals surface area (Å²) in [7, 11) is 0. The van der Waals surface area contributed by atoms with Crippen molar-refractivity contribution >= 4 is 11.6 Å². The molecular weight excluding hydrogens is 262 g/mol. The van der Waals surface area contributed by atoms with Gasteiger partial charge in [-0.25, -0.2) is 0 Å². The number of rotatable bonds is 4. The topological polar surface area (TPSA) is 52.5 Å². The number of aliphatic hydroxyl groups is 1. The van der Waals surface area contributed by atoms with Gasteiger partial charge in [0.15, 0.2) is 0 Å². The van der Waals surface area contributed by atoms with E-state index in [1.165, 1.54) is 6.42 Å². The zero-order valence-electron chi connectivity index (χ0n) is 11.3. The van der Waals surface area contributed by atoms with Crippen LogP contribution in [-0.4, -0.2) is 22.4 Å². The summed E-state index contributed by atoms with van der Waals surface area (Å²) in [6.45, 7) is 2.83. The zero-order valence-corrected chi connectivity index (χ0v) is 12.1. The number of halogens is 1. The molecule has 0 aromatic heterocycles. The summed E-state index contributed by atoms with van der Waals surface area (Å²) in [5, 5.41) is 23.5. The van der Waals surface area contributed by atoms with Crippen molar-refractivity contribution in [3.8, 4) is 5.75 Å². The minimum Gasteiger partial charge on any atom is -0.508 e. The van der Waals surface area contributed by atoms with Crippen LogP contribution in [0.1, 0.15) is 38.2 Å². The number of benzene rings is 1. The second kappa shape index (κ2) is 6.12. The molecule has 1 saturated carbocycles. The smallest absolute Gasteiger partial charge is 0.121 e. The molecule has 4 heteroatoms. The van der Waals surface area contributed by atoms with Crippen molar-refractivity contribution in [3.05, 3.63) is 28.8 Å². The molecule has 0 aliphatic heterocycles. The van der Waals surface area contributed by atoms with Crippen molar-refractivity contribution in [2.24, 2.45) is 5.92 Å². The van der Waals surface area contributed by atoms with Crippen molar-refractivity contribution in [3.63, 3.8) is 0 Å².